The smallest absolute Gasteiger partial charge is 0.140 e. The maximum Gasteiger partial charge on any atom is 0.140 e. The third-order valence-corrected chi connectivity index (χ3v) is 4.03. The minimum Gasteiger partial charge on any atom is -0.375 e. The van der Waals surface area contributed by atoms with Gasteiger partial charge in [0.25, 0.3) is 0 Å². The van der Waals surface area contributed by atoms with Gasteiger partial charge in [0.05, 0.1) is 24.1 Å². The summed E-state index contributed by atoms with van der Waals surface area (Å²) in [6.07, 6.45) is 1.72. The number of anilines is 1. The molecule has 0 aromatic carbocycles. The molecule has 2 aromatic rings. The van der Waals surface area contributed by atoms with E-state index in [9.17, 15) is 0 Å². The summed E-state index contributed by atoms with van der Waals surface area (Å²) in [5, 5.41) is 11.8. The number of thiazole rings is 1. The SMILES string of the molecule is COC(C)c1nc(CN(C)c2ccc(C#N)nc2)cs1. The van der Waals surface area contributed by atoms with E-state index in [2.05, 4.69) is 9.97 Å². The number of nitrogens with zero attached hydrogens (tertiary/aromatic N) is 4. The van der Waals surface area contributed by atoms with E-state index in [0.29, 0.717) is 12.2 Å². The van der Waals surface area contributed by atoms with Crippen molar-refractivity contribution in [3.05, 3.63) is 40.1 Å². The van der Waals surface area contributed by atoms with Gasteiger partial charge in [0, 0.05) is 19.5 Å². The molecule has 1 unspecified atom stereocenters. The lowest BCUT2D eigenvalue weighted by atomic mass is 10.3. The molecule has 2 heterocycles. The minimum atomic E-state index is 0.0237. The molecule has 5 nitrogen and oxygen atoms in total. The first kappa shape index (κ1) is 14.4. The van der Waals surface area contributed by atoms with Gasteiger partial charge >= 0.3 is 0 Å². The van der Waals surface area contributed by atoms with Crippen molar-refractivity contribution < 1.29 is 4.74 Å². The van der Waals surface area contributed by atoms with Crippen LogP contribution < -0.4 is 4.90 Å². The lowest BCUT2D eigenvalue weighted by Crippen LogP contribution is -2.17. The molecule has 2 rings (SSSR count). The van der Waals surface area contributed by atoms with Crippen LogP contribution in [0.25, 0.3) is 0 Å². The third-order valence-electron chi connectivity index (χ3n) is 2.97. The maximum absolute atomic E-state index is 8.73. The molecule has 2 aromatic heterocycles. The maximum atomic E-state index is 8.73. The number of rotatable bonds is 5. The molecule has 0 saturated heterocycles. The number of hydrogen-bond acceptors (Lipinski definition) is 6. The molecule has 0 aliphatic heterocycles. The Hall–Kier alpha value is -1.97. The summed E-state index contributed by atoms with van der Waals surface area (Å²) in [7, 11) is 3.65. The summed E-state index contributed by atoms with van der Waals surface area (Å²) >= 11 is 1.60. The summed E-state index contributed by atoms with van der Waals surface area (Å²) in [4.78, 5) is 10.7. The largest absolute Gasteiger partial charge is 0.375 e. The van der Waals surface area contributed by atoms with Gasteiger partial charge in [-0.15, -0.1) is 11.3 Å². The molecule has 0 N–H and O–H groups in total. The Morgan fingerprint density at radius 2 is 2.30 bits per heavy atom. The summed E-state index contributed by atoms with van der Waals surface area (Å²) < 4.78 is 5.26. The Morgan fingerprint density at radius 3 is 2.90 bits per heavy atom. The number of ether oxygens (including phenoxy) is 1. The fraction of sp³-hybridized carbons (Fsp3) is 0.357. The van der Waals surface area contributed by atoms with Gasteiger partial charge in [-0.1, -0.05) is 0 Å². The van der Waals surface area contributed by atoms with Gasteiger partial charge in [-0.05, 0) is 19.1 Å². The third kappa shape index (κ3) is 3.32. The first-order valence-electron chi connectivity index (χ1n) is 6.18. The summed E-state index contributed by atoms with van der Waals surface area (Å²) in [5.74, 6) is 0. The van der Waals surface area contributed by atoms with Crippen molar-refractivity contribution in [2.75, 3.05) is 19.1 Å². The predicted molar refractivity (Wildman–Crippen MR) is 78.6 cm³/mol. The molecule has 1 atom stereocenters. The van der Waals surface area contributed by atoms with Crippen molar-refractivity contribution in [3.8, 4) is 6.07 Å². The van der Waals surface area contributed by atoms with E-state index in [1.807, 2.05) is 36.4 Å². The van der Waals surface area contributed by atoms with E-state index < -0.39 is 0 Å². The van der Waals surface area contributed by atoms with Gasteiger partial charge in [-0.25, -0.2) is 9.97 Å². The van der Waals surface area contributed by atoms with E-state index in [4.69, 9.17) is 10.00 Å². The molecular formula is C14H16N4OS. The lowest BCUT2D eigenvalue weighted by Gasteiger charge is -2.17. The highest BCUT2D eigenvalue weighted by Gasteiger charge is 2.11. The Labute approximate surface area is 122 Å². The molecule has 6 heteroatoms. The second-order valence-corrected chi connectivity index (χ2v) is 5.31. The van der Waals surface area contributed by atoms with E-state index >= 15 is 0 Å². The van der Waals surface area contributed by atoms with Gasteiger partial charge < -0.3 is 9.64 Å². The van der Waals surface area contributed by atoms with Crippen LogP contribution in [0.4, 0.5) is 5.69 Å². The van der Waals surface area contributed by atoms with Crippen LogP contribution >= 0.6 is 11.3 Å². The lowest BCUT2D eigenvalue weighted by molar-refractivity contribution is 0.119. The van der Waals surface area contributed by atoms with Crippen molar-refractivity contribution in [1.29, 1.82) is 5.26 Å². The first-order chi connectivity index (χ1) is 9.63. The molecule has 0 aliphatic carbocycles. The van der Waals surface area contributed by atoms with Gasteiger partial charge in [-0.2, -0.15) is 5.26 Å². The van der Waals surface area contributed by atoms with Crippen LogP contribution in [-0.2, 0) is 11.3 Å². The second-order valence-electron chi connectivity index (χ2n) is 4.42. The highest BCUT2D eigenvalue weighted by atomic mass is 32.1. The number of hydrogen-bond donors (Lipinski definition) is 0. The molecule has 0 amide bonds. The molecule has 0 aliphatic rings. The van der Waals surface area contributed by atoms with Crippen LogP contribution in [0.1, 0.15) is 29.4 Å². The molecule has 0 radical (unpaired) electrons. The zero-order valence-corrected chi connectivity index (χ0v) is 12.5. The van der Waals surface area contributed by atoms with Crippen LogP contribution in [0, 0.1) is 11.3 Å². The highest BCUT2D eigenvalue weighted by Crippen LogP contribution is 2.22. The zero-order valence-electron chi connectivity index (χ0n) is 11.7. The van der Waals surface area contributed by atoms with Gasteiger partial charge in [0.1, 0.15) is 22.9 Å². The molecule has 0 bridgehead atoms. The average molecular weight is 288 g/mol. The monoisotopic (exact) mass is 288 g/mol. The summed E-state index contributed by atoms with van der Waals surface area (Å²) in [6, 6.07) is 5.61. The highest BCUT2D eigenvalue weighted by molar-refractivity contribution is 7.09. The summed E-state index contributed by atoms with van der Waals surface area (Å²) in [6.45, 7) is 2.68. The Morgan fingerprint density at radius 1 is 1.50 bits per heavy atom. The van der Waals surface area contributed by atoms with Gasteiger partial charge in [0.15, 0.2) is 0 Å². The van der Waals surface area contributed by atoms with E-state index in [-0.39, 0.29) is 6.10 Å². The molecule has 104 valence electrons. The van der Waals surface area contributed by atoms with Crippen LogP contribution in [0.3, 0.4) is 0 Å². The fourth-order valence-electron chi connectivity index (χ4n) is 1.70. The van der Waals surface area contributed by atoms with Crippen LogP contribution in [0.2, 0.25) is 0 Å². The number of aromatic nitrogens is 2. The van der Waals surface area contributed by atoms with Crippen LogP contribution in [0.5, 0.6) is 0 Å². The Balaban J connectivity index is 2.05. The quantitative estimate of drug-likeness (QED) is 0.846. The predicted octanol–water partition coefficient (Wildman–Crippen LogP) is 2.75. The average Bonchev–Trinajstić information content (AvgIpc) is 2.95. The number of pyridine rings is 1. The zero-order chi connectivity index (χ0) is 14.5. The fourth-order valence-corrected chi connectivity index (χ4v) is 2.54. The molecule has 0 saturated carbocycles. The first-order valence-corrected chi connectivity index (χ1v) is 7.06. The summed E-state index contributed by atoms with van der Waals surface area (Å²) in [5.41, 5.74) is 2.38. The van der Waals surface area contributed by atoms with Crippen molar-refractivity contribution >= 4 is 17.0 Å². The normalized spacial score (nSPS) is 11.9. The Bertz CT molecular complexity index is 602. The number of nitriles is 1. The standard InChI is InChI=1S/C14H16N4OS/c1-10(19-3)14-17-12(9-20-14)8-18(2)13-5-4-11(6-15)16-7-13/h4-5,7,9-10H,8H2,1-3H3. The second kappa shape index (κ2) is 6.46. The van der Waals surface area contributed by atoms with Crippen molar-refractivity contribution in [2.24, 2.45) is 0 Å². The van der Waals surface area contributed by atoms with Crippen molar-refractivity contribution in [2.45, 2.75) is 19.6 Å². The van der Waals surface area contributed by atoms with E-state index in [0.717, 1.165) is 16.4 Å². The van der Waals surface area contributed by atoms with E-state index in [1.165, 1.54) is 0 Å². The minimum absolute atomic E-state index is 0.0237. The number of methoxy groups -OCH3 is 1. The van der Waals surface area contributed by atoms with Crippen LogP contribution in [-0.4, -0.2) is 24.1 Å². The molecule has 0 spiro atoms. The molecular weight excluding hydrogens is 272 g/mol. The van der Waals surface area contributed by atoms with Crippen LogP contribution in [0.15, 0.2) is 23.7 Å². The van der Waals surface area contributed by atoms with Crippen molar-refractivity contribution in [1.82, 2.24) is 9.97 Å². The van der Waals surface area contributed by atoms with Crippen molar-refractivity contribution in [3.63, 3.8) is 0 Å². The van der Waals surface area contributed by atoms with Gasteiger partial charge in [-0.3, -0.25) is 0 Å². The van der Waals surface area contributed by atoms with Gasteiger partial charge in [0.2, 0.25) is 0 Å². The molecule has 0 fully saturated rings. The van der Waals surface area contributed by atoms with E-state index in [1.54, 1.807) is 30.7 Å². The Kier molecular flexibility index (Phi) is 4.66. The topological polar surface area (TPSA) is 62.0 Å². The molecule has 20 heavy (non-hydrogen) atoms.